The molecular formula is C10H15Cl2NS. The van der Waals surface area contributed by atoms with Crippen molar-refractivity contribution in [2.24, 2.45) is 0 Å². The maximum absolute atomic E-state index is 5.55. The number of halogens is 2. The van der Waals surface area contributed by atoms with Crippen LogP contribution < -0.4 is 5.32 Å². The molecule has 0 aliphatic carbocycles. The summed E-state index contributed by atoms with van der Waals surface area (Å²) in [4.78, 5) is 0. The van der Waals surface area contributed by atoms with Gasteiger partial charge in [0.25, 0.3) is 0 Å². The molecule has 2 atom stereocenters. The van der Waals surface area contributed by atoms with Gasteiger partial charge < -0.3 is 5.32 Å². The Labute approximate surface area is 99.6 Å². The van der Waals surface area contributed by atoms with Crippen molar-refractivity contribution in [1.82, 2.24) is 5.32 Å². The topological polar surface area (TPSA) is 12.0 Å². The second kappa shape index (κ2) is 5.11. The minimum Gasteiger partial charge on any atom is -0.310 e. The van der Waals surface area contributed by atoms with E-state index in [9.17, 15) is 0 Å². The highest BCUT2D eigenvalue weighted by Crippen LogP contribution is 2.43. The van der Waals surface area contributed by atoms with E-state index in [0.29, 0.717) is 10.5 Å². The molecule has 14 heavy (non-hydrogen) atoms. The molecule has 0 saturated carbocycles. The van der Waals surface area contributed by atoms with Gasteiger partial charge in [-0.3, -0.25) is 0 Å². The Balaban J connectivity index is 1.74. The van der Waals surface area contributed by atoms with Crippen LogP contribution in [0.25, 0.3) is 0 Å². The molecule has 2 unspecified atom stereocenters. The van der Waals surface area contributed by atoms with Gasteiger partial charge in [0.1, 0.15) is 4.49 Å². The van der Waals surface area contributed by atoms with Gasteiger partial charge in [0.15, 0.2) is 0 Å². The van der Waals surface area contributed by atoms with E-state index in [-0.39, 0.29) is 0 Å². The normalized spacial score (nSPS) is 35.7. The molecule has 0 aromatic heterocycles. The van der Waals surface area contributed by atoms with Crippen molar-refractivity contribution in [2.75, 3.05) is 6.54 Å². The van der Waals surface area contributed by atoms with Gasteiger partial charge in [-0.15, -0.1) is 0 Å². The van der Waals surface area contributed by atoms with Crippen LogP contribution in [0.3, 0.4) is 0 Å². The predicted octanol–water partition coefficient (Wildman–Crippen LogP) is 3.32. The lowest BCUT2D eigenvalue weighted by molar-refractivity contribution is 0.476. The number of thioether (sulfide) groups is 1. The Kier molecular flexibility index (Phi) is 4.06. The minimum atomic E-state index is 0.366. The zero-order valence-electron chi connectivity index (χ0n) is 8.01. The fourth-order valence-electron chi connectivity index (χ4n) is 2.33. The molecule has 2 saturated heterocycles. The zero-order valence-corrected chi connectivity index (χ0v) is 10.3. The van der Waals surface area contributed by atoms with E-state index in [1.165, 1.54) is 25.7 Å². The van der Waals surface area contributed by atoms with Crippen molar-refractivity contribution in [3.8, 4) is 0 Å². The lowest BCUT2D eigenvalue weighted by Crippen LogP contribution is -2.35. The van der Waals surface area contributed by atoms with Gasteiger partial charge in [0, 0.05) is 23.1 Å². The van der Waals surface area contributed by atoms with E-state index in [1.807, 2.05) is 6.08 Å². The highest BCUT2D eigenvalue weighted by Gasteiger charge is 2.34. The van der Waals surface area contributed by atoms with Crippen molar-refractivity contribution >= 4 is 35.0 Å². The molecular weight excluding hydrogens is 237 g/mol. The third-order valence-corrected chi connectivity index (χ3v) is 4.89. The first kappa shape index (κ1) is 11.1. The summed E-state index contributed by atoms with van der Waals surface area (Å²) < 4.78 is 0.366. The maximum Gasteiger partial charge on any atom is 0.104 e. The largest absolute Gasteiger partial charge is 0.310 e. The van der Waals surface area contributed by atoms with Crippen LogP contribution in [0.2, 0.25) is 0 Å². The number of nitrogens with one attached hydrogen (secondary N) is 1. The Morgan fingerprint density at radius 2 is 1.93 bits per heavy atom. The average Bonchev–Trinajstić information content (AvgIpc) is 2.45. The van der Waals surface area contributed by atoms with E-state index in [1.54, 1.807) is 0 Å². The van der Waals surface area contributed by atoms with E-state index < -0.39 is 0 Å². The minimum absolute atomic E-state index is 0.366. The molecule has 1 nitrogen and oxygen atoms in total. The zero-order chi connectivity index (χ0) is 9.97. The molecule has 2 aliphatic heterocycles. The second-order valence-corrected chi connectivity index (χ2v) is 6.64. The quantitative estimate of drug-likeness (QED) is 0.826. The van der Waals surface area contributed by atoms with Crippen LogP contribution in [-0.2, 0) is 0 Å². The molecule has 2 bridgehead atoms. The molecule has 0 amide bonds. The molecule has 0 aromatic carbocycles. The highest BCUT2D eigenvalue weighted by atomic mass is 35.5. The molecule has 0 aromatic rings. The highest BCUT2D eigenvalue weighted by molar-refractivity contribution is 8.00. The molecule has 2 rings (SSSR count). The van der Waals surface area contributed by atoms with Crippen LogP contribution in [0.1, 0.15) is 25.7 Å². The Morgan fingerprint density at radius 1 is 1.29 bits per heavy atom. The van der Waals surface area contributed by atoms with Gasteiger partial charge in [0.2, 0.25) is 0 Å². The van der Waals surface area contributed by atoms with Gasteiger partial charge in [-0.25, -0.2) is 0 Å². The first-order valence-corrected chi connectivity index (χ1v) is 6.84. The lowest BCUT2D eigenvalue weighted by atomic mass is 10.1. The summed E-state index contributed by atoms with van der Waals surface area (Å²) in [7, 11) is 0. The van der Waals surface area contributed by atoms with Gasteiger partial charge in [-0.1, -0.05) is 23.2 Å². The Bertz CT molecular complexity index is 216. The van der Waals surface area contributed by atoms with E-state index in [4.69, 9.17) is 23.2 Å². The summed E-state index contributed by atoms with van der Waals surface area (Å²) in [5.74, 6) is 0. The van der Waals surface area contributed by atoms with Crippen LogP contribution in [0.4, 0.5) is 0 Å². The fourth-order valence-corrected chi connectivity index (χ4v) is 4.26. The van der Waals surface area contributed by atoms with Crippen LogP contribution in [0.15, 0.2) is 10.6 Å². The monoisotopic (exact) mass is 251 g/mol. The van der Waals surface area contributed by atoms with Crippen LogP contribution in [0.5, 0.6) is 0 Å². The lowest BCUT2D eigenvalue weighted by Gasteiger charge is -2.27. The number of rotatable bonds is 3. The first-order valence-electron chi connectivity index (χ1n) is 5.14. The molecule has 0 spiro atoms. The van der Waals surface area contributed by atoms with Crippen molar-refractivity contribution in [2.45, 2.75) is 42.2 Å². The number of hydrogen-bond acceptors (Lipinski definition) is 2. The summed E-state index contributed by atoms with van der Waals surface area (Å²) in [6, 6.07) is 0.678. The standard InChI is InChI=1S/C10H15Cl2NS/c11-10(12)3-4-13-7-5-8-1-2-9(6-7)14-8/h3,7-9,13H,1-2,4-6H2. The predicted molar refractivity (Wildman–Crippen MR) is 65.2 cm³/mol. The van der Waals surface area contributed by atoms with E-state index in [0.717, 1.165) is 17.0 Å². The van der Waals surface area contributed by atoms with Gasteiger partial charge in [-0.2, -0.15) is 11.8 Å². The second-order valence-electron chi connectivity index (χ2n) is 4.03. The smallest absolute Gasteiger partial charge is 0.104 e. The average molecular weight is 252 g/mol. The third kappa shape index (κ3) is 3.06. The van der Waals surface area contributed by atoms with Crippen LogP contribution in [-0.4, -0.2) is 23.1 Å². The number of hydrogen-bond donors (Lipinski definition) is 1. The Hall–Kier alpha value is 0.630. The van der Waals surface area contributed by atoms with Crippen molar-refractivity contribution in [3.05, 3.63) is 10.6 Å². The molecule has 0 radical (unpaired) electrons. The molecule has 80 valence electrons. The molecule has 4 heteroatoms. The first-order chi connectivity index (χ1) is 6.74. The molecule has 1 N–H and O–H groups in total. The third-order valence-electron chi connectivity index (χ3n) is 2.95. The maximum atomic E-state index is 5.55. The van der Waals surface area contributed by atoms with Crippen molar-refractivity contribution in [1.29, 1.82) is 0 Å². The molecule has 2 fully saturated rings. The summed E-state index contributed by atoms with van der Waals surface area (Å²) in [6.07, 6.45) is 7.29. The molecule has 2 aliphatic rings. The summed E-state index contributed by atoms with van der Waals surface area (Å²) in [5, 5.41) is 5.30. The fraction of sp³-hybridized carbons (Fsp3) is 0.800. The van der Waals surface area contributed by atoms with Crippen LogP contribution in [0, 0.1) is 0 Å². The van der Waals surface area contributed by atoms with E-state index in [2.05, 4.69) is 17.1 Å². The van der Waals surface area contributed by atoms with Gasteiger partial charge in [0.05, 0.1) is 0 Å². The Morgan fingerprint density at radius 3 is 2.50 bits per heavy atom. The van der Waals surface area contributed by atoms with Gasteiger partial charge >= 0.3 is 0 Å². The van der Waals surface area contributed by atoms with E-state index >= 15 is 0 Å². The van der Waals surface area contributed by atoms with Gasteiger partial charge in [-0.05, 0) is 31.8 Å². The van der Waals surface area contributed by atoms with Crippen LogP contribution >= 0.6 is 35.0 Å². The summed E-state index contributed by atoms with van der Waals surface area (Å²) in [5.41, 5.74) is 0. The summed E-state index contributed by atoms with van der Waals surface area (Å²) in [6.45, 7) is 0.803. The van der Waals surface area contributed by atoms with Crippen molar-refractivity contribution < 1.29 is 0 Å². The summed E-state index contributed by atoms with van der Waals surface area (Å²) >= 11 is 13.3. The SMILES string of the molecule is ClC(Cl)=CCNC1CC2CCC(C1)S2. The molecule has 2 heterocycles. The van der Waals surface area contributed by atoms with Crippen molar-refractivity contribution in [3.63, 3.8) is 0 Å². The number of fused-ring (bicyclic) bond motifs is 2.